The van der Waals surface area contributed by atoms with Gasteiger partial charge in [0.15, 0.2) is 0 Å². The van der Waals surface area contributed by atoms with Crippen LogP contribution in [0.1, 0.15) is 62.8 Å². The van der Waals surface area contributed by atoms with Crippen LogP contribution in [0.25, 0.3) is 0 Å². The topological polar surface area (TPSA) is 68.3 Å². The van der Waals surface area contributed by atoms with Crippen molar-refractivity contribution >= 4 is 46.1 Å². The number of carbonyl (C=O) groups excluding carboxylic acids is 2. The molecular weight excluding hydrogens is 757 g/mol. The van der Waals surface area contributed by atoms with E-state index in [1.54, 1.807) is 26.0 Å². The predicted molar refractivity (Wildman–Crippen MR) is 249 cm³/mol. The van der Waals surface area contributed by atoms with Gasteiger partial charge >= 0.3 is 11.9 Å². The quantitative estimate of drug-likeness (QED) is 0.0486. The number of aryl methyl sites for hydroxylation is 4. The van der Waals surface area contributed by atoms with Gasteiger partial charge in [0.05, 0.1) is 13.2 Å². The minimum atomic E-state index is -0.268. The molecule has 0 aromatic heterocycles. The fourth-order valence-corrected chi connectivity index (χ4v) is 6.71. The van der Waals surface area contributed by atoms with E-state index in [-0.39, 0.29) is 11.9 Å². The van der Waals surface area contributed by atoms with Crippen molar-refractivity contribution < 1.29 is 23.8 Å². The van der Waals surface area contributed by atoms with Crippen molar-refractivity contribution in [2.45, 2.75) is 67.2 Å². The zero-order valence-electron chi connectivity index (χ0n) is 36.2. The van der Waals surface area contributed by atoms with Crippen LogP contribution in [-0.4, -0.2) is 25.2 Å². The molecule has 0 saturated heterocycles. The molecular formula is C54H56N2O5. The summed E-state index contributed by atoms with van der Waals surface area (Å²) in [4.78, 5) is 28.6. The smallest absolute Gasteiger partial charge is 0.333 e. The molecule has 0 atom stereocenters. The van der Waals surface area contributed by atoms with Gasteiger partial charge in [0.25, 0.3) is 0 Å². The zero-order valence-corrected chi connectivity index (χ0v) is 36.2. The number of hydrogen-bond acceptors (Lipinski definition) is 7. The fraction of sp³-hybridized carbons (Fsp3) is 0.222. The summed E-state index contributed by atoms with van der Waals surface area (Å²) in [6, 6.07) is 50.5. The lowest BCUT2D eigenvalue weighted by Crippen LogP contribution is -2.10. The molecule has 0 radical (unpaired) electrons. The Morgan fingerprint density at radius 2 is 0.721 bits per heavy atom. The Morgan fingerprint density at radius 1 is 0.443 bits per heavy atom. The highest BCUT2D eigenvalue weighted by Gasteiger charge is 2.16. The first-order valence-electron chi connectivity index (χ1n) is 21.0. The van der Waals surface area contributed by atoms with Crippen LogP contribution in [0.4, 0.5) is 34.1 Å². The molecule has 0 amide bonds. The average molecular weight is 813 g/mol. The van der Waals surface area contributed by atoms with Gasteiger partial charge < -0.3 is 24.0 Å². The Labute approximate surface area is 361 Å². The molecule has 0 aliphatic heterocycles. The maximum absolute atomic E-state index is 12.0. The second-order valence-corrected chi connectivity index (χ2v) is 15.2. The highest BCUT2D eigenvalue weighted by molar-refractivity contribution is 5.88. The first-order chi connectivity index (χ1) is 29.6. The molecule has 0 bridgehead atoms. The minimum absolute atomic E-state index is 0.268. The number of allylic oxidation sites excluding steroid dienone is 2. The molecule has 7 heteroatoms. The van der Waals surface area contributed by atoms with E-state index in [4.69, 9.17) is 14.2 Å². The Balaban J connectivity index is 1.18. The Bertz CT molecular complexity index is 2270. The first kappa shape index (κ1) is 43.7. The summed E-state index contributed by atoms with van der Waals surface area (Å²) in [5.41, 5.74) is 12.2. The van der Waals surface area contributed by atoms with Crippen molar-refractivity contribution in [2.75, 3.05) is 23.0 Å². The predicted octanol–water partition coefficient (Wildman–Crippen LogP) is 13.9. The molecule has 0 fully saturated rings. The average Bonchev–Trinajstić information content (AvgIpc) is 3.29. The van der Waals surface area contributed by atoms with Crippen molar-refractivity contribution in [1.29, 1.82) is 0 Å². The van der Waals surface area contributed by atoms with Crippen molar-refractivity contribution in [2.24, 2.45) is 0 Å². The fourth-order valence-electron chi connectivity index (χ4n) is 6.71. The third-order valence-electron chi connectivity index (χ3n) is 10.6. The first-order valence-corrected chi connectivity index (χ1v) is 21.0. The number of anilines is 6. The van der Waals surface area contributed by atoms with Crippen molar-refractivity contribution in [3.8, 4) is 11.5 Å². The lowest BCUT2D eigenvalue weighted by atomic mass is 10.1. The van der Waals surface area contributed by atoms with Crippen molar-refractivity contribution in [3.05, 3.63) is 191 Å². The number of ether oxygens (including phenoxy) is 3. The Morgan fingerprint density at radius 3 is 1.02 bits per heavy atom. The summed E-state index contributed by atoms with van der Waals surface area (Å²) in [5, 5.41) is 0. The van der Waals surface area contributed by atoms with Gasteiger partial charge in [0.2, 0.25) is 0 Å². The molecule has 312 valence electrons. The number of benzene rings is 6. The van der Waals surface area contributed by atoms with Crippen molar-refractivity contribution in [1.82, 2.24) is 0 Å². The summed E-state index contributed by atoms with van der Waals surface area (Å²) in [5.74, 6) is 0.934. The summed E-state index contributed by atoms with van der Waals surface area (Å²) < 4.78 is 17.2. The maximum atomic E-state index is 12.0. The van der Waals surface area contributed by atoms with Crippen LogP contribution in [0.5, 0.6) is 11.5 Å². The number of nitrogens with zero attached hydrogens (tertiary/aromatic N) is 2. The molecule has 0 saturated carbocycles. The number of esters is 2. The van der Waals surface area contributed by atoms with E-state index in [1.807, 2.05) is 38.1 Å². The SMILES string of the molecule is CC=C(C)C(=O)OCCCc1ccc(N(c2ccc(CCCOC(=O)C(C)=CC)cc2)c2ccc(Oc3ccc(N(c4ccc(C)cc4)c4ccc(C)cc4)cc3)cc2)cc1. The van der Waals surface area contributed by atoms with Crippen LogP contribution in [0, 0.1) is 13.8 Å². The molecule has 7 nitrogen and oxygen atoms in total. The normalized spacial score (nSPS) is 11.5. The second-order valence-electron chi connectivity index (χ2n) is 15.2. The van der Waals surface area contributed by atoms with Crippen molar-refractivity contribution in [3.63, 3.8) is 0 Å². The molecule has 0 aliphatic rings. The van der Waals surface area contributed by atoms with E-state index in [0.29, 0.717) is 24.4 Å². The lowest BCUT2D eigenvalue weighted by Gasteiger charge is -2.26. The van der Waals surface area contributed by atoms with E-state index in [9.17, 15) is 9.59 Å². The number of hydrogen-bond donors (Lipinski definition) is 0. The van der Waals surface area contributed by atoms with Gasteiger partial charge in [-0.3, -0.25) is 0 Å². The van der Waals surface area contributed by atoms with Gasteiger partial charge in [-0.2, -0.15) is 0 Å². The third kappa shape index (κ3) is 12.1. The maximum Gasteiger partial charge on any atom is 0.333 e. The van der Waals surface area contributed by atoms with E-state index >= 15 is 0 Å². The third-order valence-corrected chi connectivity index (χ3v) is 10.6. The second kappa shape index (κ2) is 21.4. The van der Waals surface area contributed by atoms with Crippen LogP contribution in [0.15, 0.2) is 169 Å². The van der Waals surface area contributed by atoms with Gasteiger partial charge in [-0.25, -0.2) is 9.59 Å². The molecule has 0 unspecified atom stereocenters. The molecule has 0 N–H and O–H groups in total. The van der Waals surface area contributed by atoms with Crippen LogP contribution in [0.3, 0.4) is 0 Å². The van der Waals surface area contributed by atoms with E-state index < -0.39 is 0 Å². The highest BCUT2D eigenvalue weighted by atomic mass is 16.5. The number of rotatable bonds is 18. The molecule has 6 aromatic carbocycles. The Kier molecular flexibility index (Phi) is 15.3. The van der Waals surface area contributed by atoms with Crippen LogP contribution < -0.4 is 14.5 Å². The summed E-state index contributed by atoms with van der Waals surface area (Å²) >= 11 is 0. The van der Waals surface area contributed by atoms with E-state index in [1.165, 1.54) is 22.3 Å². The molecule has 0 spiro atoms. The zero-order chi connectivity index (χ0) is 43.1. The van der Waals surface area contributed by atoms with Gasteiger partial charge in [-0.05, 0) is 175 Å². The molecule has 61 heavy (non-hydrogen) atoms. The minimum Gasteiger partial charge on any atom is -0.462 e. The van der Waals surface area contributed by atoms with Gasteiger partial charge in [-0.1, -0.05) is 71.8 Å². The van der Waals surface area contributed by atoms with Crippen LogP contribution in [0.2, 0.25) is 0 Å². The summed E-state index contributed by atoms with van der Waals surface area (Å²) in [6.07, 6.45) is 6.60. The van der Waals surface area contributed by atoms with Crippen LogP contribution >= 0.6 is 0 Å². The monoisotopic (exact) mass is 812 g/mol. The molecule has 0 heterocycles. The molecule has 0 aliphatic carbocycles. The van der Waals surface area contributed by atoms with Gasteiger partial charge in [0.1, 0.15) is 11.5 Å². The number of carbonyl (C=O) groups is 2. The summed E-state index contributed by atoms with van der Waals surface area (Å²) in [7, 11) is 0. The van der Waals surface area contributed by atoms with E-state index in [2.05, 4.69) is 145 Å². The molecule has 6 rings (SSSR count). The van der Waals surface area contributed by atoms with E-state index in [0.717, 1.165) is 71.3 Å². The van der Waals surface area contributed by atoms with Gasteiger partial charge in [0, 0.05) is 45.3 Å². The van der Waals surface area contributed by atoms with Gasteiger partial charge in [-0.15, -0.1) is 0 Å². The Hall–Kier alpha value is -6.86. The van der Waals surface area contributed by atoms with Crippen LogP contribution in [-0.2, 0) is 31.9 Å². The highest BCUT2D eigenvalue weighted by Crippen LogP contribution is 2.38. The largest absolute Gasteiger partial charge is 0.462 e. The molecule has 6 aromatic rings. The standard InChI is InChI=1S/C54H56N2O5/c1-7-41(5)53(57)59-37-9-11-43-17-25-47(26-18-43)56(48-27-19-44(20-28-48)12-10-38-60-54(58)42(6)8-2)50-31-35-52(36-32-50)61-51-33-29-49(30-34-51)55(45-21-13-39(3)14-22-45)46-23-15-40(4)16-24-46/h7-8,13-36H,9-12,37-38H2,1-6H3. The summed E-state index contributed by atoms with van der Waals surface area (Å²) in [6.45, 7) is 12.1. The lowest BCUT2D eigenvalue weighted by molar-refractivity contribution is -0.139.